The standard InChI is InChI=1S/C11H15FO2/c1-14-8-9-4-5-11(12)10(7-9)3-2-6-13/h4-5,7,13H,2-3,6,8H2,1H3. The lowest BCUT2D eigenvalue weighted by Gasteiger charge is -2.05. The topological polar surface area (TPSA) is 29.5 Å². The first-order chi connectivity index (χ1) is 6.77. The number of aliphatic hydroxyl groups is 1. The molecule has 1 aromatic carbocycles. The first-order valence-corrected chi connectivity index (χ1v) is 4.65. The average molecular weight is 198 g/mol. The summed E-state index contributed by atoms with van der Waals surface area (Å²) in [6.45, 7) is 0.584. The highest BCUT2D eigenvalue weighted by Gasteiger charge is 2.03. The molecule has 3 heteroatoms. The quantitative estimate of drug-likeness (QED) is 0.783. The average Bonchev–Trinajstić information content (AvgIpc) is 2.19. The van der Waals surface area contributed by atoms with E-state index in [1.54, 1.807) is 19.2 Å². The van der Waals surface area contributed by atoms with E-state index >= 15 is 0 Å². The number of rotatable bonds is 5. The van der Waals surface area contributed by atoms with Gasteiger partial charge in [-0.05, 0) is 30.0 Å². The fourth-order valence-corrected chi connectivity index (χ4v) is 1.35. The maximum atomic E-state index is 13.2. The van der Waals surface area contributed by atoms with E-state index < -0.39 is 0 Å². The van der Waals surface area contributed by atoms with Crippen LogP contribution in [0.15, 0.2) is 18.2 Å². The summed E-state index contributed by atoms with van der Waals surface area (Å²) in [6.07, 6.45) is 1.16. The Labute approximate surface area is 83.3 Å². The Kier molecular flexibility index (Phi) is 4.56. The summed E-state index contributed by atoms with van der Waals surface area (Å²) in [5.41, 5.74) is 1.61. The van der Waals surface area contributed by atoms with E-state index in [2.05, 4.69) is 0 Å². The molecule has 0 saturated heterocycles. The molecule has 14 heavy (non-hydrogen) atoms. The summed E-state index contributed by atoms with van der Waals surface area (Å²) < 4.78 is 18.2. The van der Waals surface area contributed by atoms with Crippen molar-refractivity contribution in [3.8, 4) is 0 Å². The Hall–Kier alpha value is -0.930. The monoisotopic (exact) mass is 198 g/mol. The van der Waals surface area contributed by atoms with Gasteiger partial charge in [-0.1, -0.05) is 12.1 Å². The van der Waals surface area contributed by atoms with E-state index in [1.807, 2.05) is 0 Å². The molecule has 1 aromatic rings. The van der Waals surface area contributed by atoms with Crippen molar-refractivity contribution < 1.29 is 14.2 Å². The Balaban J connectivity index is 2.74. The van der Waals surface area contributed by atoms with Crippen LogP contribution in [0, 0.1) is 5.82 Å². The van der Waals surface area contributed by atoms with Crippen molar-refractivity contribution in [1.82, 2.24) is 0 Å². The van der Waals surface area contributed by atoms with Gasteiger partial charge in [-0.15, -0.1) is 0 Å². The molecule has 0 fully saturated rings. The normalized spacial score (nSPS) is 10.5. The van der Waals surface area contributed by atoms with Crippen molar-refractivity contribution in [2.24, 2.45) is 0 Å². The predicted octanol–water partition coefficient (Wildman–Crippen LogP) is 1.90. The summed E-state index contributed by atoms with van der Waals surface area (Å²) in [5, 5.41) is 8.64. The zero-order valence-corrected chi connectivity index (χ0v) is 8.29. The van der Waals surface area contributed by atoms with Gasteiger partial charge in [-0.2, -0.15) is 0 Å². The van der Waals surface area contributed by atoms with E-state index in [9.17, 15) is 4.39 Å². The molecule has 0 heterocycles. The van der Waals surface area contributed by atoms with Crippen LogP contribution in [0.1, 0.15) is 17.5 Å². The van der Waals surface area contributed by atoms with E-state index in [0.717, 1.165) is 5.56 Å². The molecule has 0 aliphatic heterocycles. The van der Waals surface area contributed by atoms with Crippen LogP contribution < -0.4 is 0 Å². The molecular formula is C11H15FO2. The fraction of sp³-hybridized carbons (Fsp3) is 0.455. The van der Waals surface area contributed by atoms with Gasteiger partial charge in [-0.25, -0.2) is 4.39 Å². The molecule has 0 spiro atoms. The van der Waals surface area contributed by atoms with Crippen LogP contribution in [0.2, 0.25) is 0 Å². The highest BCUT2D eigenvalue weighted by molar-refractivity contribution is 5.24. The van der Waals surface area contributed by atoms with Gasteiger partial charge in [0.05, 0.1) is 6.61 Å². The molecule has 0 saturated carbocycles. The zero-order chi connectivity index (χ0) is 10.4. The van der Waals surface area contributed by atoms with Gasteiger partial charge < -0.3 is 9.84 Å². The molecule has 2 nitrogen and oxygen atoms in total. The van der Waals surface area contributed by atoms with Crippen molar-refractivity contribution >= 4 is 0 Å². The minimum absolute atomic E-state index is 0.0912. The van der Waals surface area contributed by atoms with Gasteiger partial charge in [0, 0.05) is 13.7 Å². The third-order valence-corrected chi connectivity index (χ3v) is 2.03. The second-order valence-electron chi connectivity index (χ2n) is 3.19. The largest absolute Gasteiger partial charge is 0.396 e. The lowest BCUT2D eigenvalue weighted by atomic mass is 10.1. The van der Waals surface area contributed by atoms with Gasteiger partial charge in [0.25, 0.3) is 0 Å². The van der Waals surface area contributed by atoms with Gasteiger partial charge in [0.15, 0.2) is 0 Å². The fourth-order valence-electron chi connectivity index (χ4n) is 1.35. The second-order valence-corrected chi connectivity index (χ2v) is 3.19. The van der Waals surface area contributed by atoms with Gasteiger partial charge in [-0.3, -0.25) is 0 Å². The first kappa shape index (κ1) is 11.1. The summed E-state index contributed by atoms with van der Waals surface area (Å²) in [4.78, 5) is 0. The van der Waals surface area contributed by atoms with Crippen LogP contribution >= 0.6 is 0 Å². The smallest absolute Gasteiger partial charge is 0.126 e. The minimum Gasteiger partial charge on any atom is -0.396 e. The molecule has 0 bridgehead atoms. The van der Waals surface area contributed by atoms with E-state index in [1.165, 1.54) is 6.07 Å². The highest BCUT2D eigenvalue weighted by Crippen LogP contribution is 2.13. The second kappa shape index (κ2) is 5.73. The van der Waals surface area contributed by atoms with E-state index in [4.69, 9.17) is 9.84 Å². The third-order valence-electron chi connectivity index (χ3n) is 2.03. The lowest BCUT2D eigenvalue weighted by Crippen LogP contribution is -1.96. The van der Waals surface area contributed by atoms with Crippen LogP contribution in [-0.4, -0.2) is 18.8 Å². The van der Waals surface area contributed by atoms with Gasteiger partial charge in [0.1, 0.15) is 5.82 Å². The highest BCUT2D eigenvalue weighted by atomic mass is 19.1. The Morgan fingerprint density at radius 2 is 2.21 bits per heavy atom. The zero-order valence-electron chi connectivity index (χ0n) is 8.29. The maximum Gasteiger partial charge on any atom is 0.126 e. The number of aryl methyl sites for hydroxylation is 1. The van der Waals surface area contributed by atoms with Gasteiger partial charge in [0.2, 0.25) is 0 Å². The van der Waals surface area contributed by atoms with Crippen molar-refractivity contribution in [2.75, 3.05) is 13.7 Å². The molecule has 0 aliphatic carbocycles. The molecule has 0 radical (unpaired) electrons. The number of methoxy groups -OCH3 is 1. The molecule has 0 aromatic heterocycles. The molecule has 0 amide bonds. The summed E-state index contributed by atoms with van der Waals surface area (Å²) in [6, 6.07) is 4.94. The van der Waals surface area contributed by atoms with E-state index in [-0.39, 0.29) is 12.4 Å². The molecule has 1 N–H and O–H groups in total. The number of halogens is 1. The number of aliphatic hydroxyl groups excluding tert-OH is 1. The van der Waals surface area contributed by atoms with Crippen LogP contribution in [-0.2, 0) is 17.8 Å². The molecule has 0 atom stereocenters. The number of benzene rings is 1. The molecule has 78 valence electrons. The van der Waals surface area contributed by atoms with Crippen molar-refractivity contribution in [3.05, 3.63) is 35.1 Å². The Morgan fingerprint density at radius 3 is 2.86 bits per heavy atom. The summed E-state index contributed by atoms with van der Waals surface area (Å²) in [7, 11) is 1.61. The lowest BCUT2D eigenvalue weighted by molar-refractivity contribution is 0.184. The van der Waals surface area contributed by atoms with Crippen molar-refractivity contribution in [1.29, 1.82) is 0 Å². The number of hydrogen-bond donors (Lipinski definition) is 1. The van der Waals surface area contributed by atoms with Crippen LogP contribution in [0.3, 0.4) is 0 Å². The first-order valence-electron chi connectivity index (χ1n) is 4.65. The summed E-state index contributed by atoms with van der Waals surface area (Å²) in [5.74, 6) is -0.210. The summed E-state index contributed by atoms with van der Waals surface area (Å²) >= 11 is 0. The van der Waals surface area contributed by atoms with Crippen molar-refractivity contribution in [2.45, 2.75) is 19.4 Å². The van der Waals surface area contributed by atoms with Crippen LogP contribution in [0.5, 0.6) is 0 Å². The molecule has 0 aliphatic rings. The molecule has 0 unspecified atom stereocenters. The molecular weight excluding hydrogens is 183 g/mol. The third kappa shape index (κ3) is 3.09. The van der Waals surface area contributed by atoms with Gasteiger partial charge >= 0.3 is 0 Å². The maximum absolute atomic E-state index is 13.2. The van der Waals surface area contributed by atoms with E-state index in [0.29, 0.717) is 25.0 Å². The molecule has 1 rings (SSSR count). The predicted molar refractivity (Wildman–Crippen MR) is 52.5 cm³/mol. The van der Waals surface area contributed by atoms with Crippen LogP contribution in [0.4, 0.5) is 4.39 Å². The van der Waals surface area contributed by atoms with Crippen LogP contribution in [0.25, 0.3) is 0 Å². The number of ether oxygens (including phenoxy) is 1. The Bertz CT molecular complexity index is 287. The van der Waals surface area contributed by atoms with Crippen molar-refractivity contribution in [3.63, 3.8) is 0 Å². The SMILES string of the molecule is COCc1ccc(F)c(CCCO)c1. The minimum atomic E-state index is -0.210. The Morgan fingerprint density at radius 1 is 1.43 bits per heavy atom. The number of hydrogen-bond acceptors (Lipinski definition) is 2.